The van der Waals surface area contributed by atoms with Crippen LogP contribution in [-0.4, -0.2) is 7.11 Å². The van der Waals surface area contributed by atoms with Gasteiger partial charge >= 0.3 is 0 Å². The van der Waals surface area contributed by atoms with E-state index in [9.17, 15) is 4.39 Å². The van der Waals surface area contributed by atoms with Crippen LogP contribution in [0.1, 0.15) is 16.9 Å². The molecule has 3 rings (SSSR count). The molecule has 1 aromatic heterocycles. The quantitative estimate of drug-likeness (QED) is 0.663. The lowest BCUT2D eigenvalue weighted by Crippen LogP contribution is -2.12. The molecule has 3 aromatic rings. The minimum absolute atomic E-state index is 0.257. The summed E-state index contributed by atoms with van der Waals surface area (Å²) in [5, 5.41) is 3.31. The molecule has 130 valence electrons. The Morgan fingerprint density at radius 3 is 2.48 bits per heavy atom. The maximum atomic E-state index is 12.9. The number of hydrogen-bond donors (Lipinski definition) is 1. The van der Waals surface area contributed by atoms with Crippen LogP contribution in [0, 0.1) is 5.82 Å². The molecule has 2 aromatic carbocycles. The van der Waals surface area contributed by atoms with Crippen molar-refractivity contribution in [1.82, 2.24) is 5.32 Å². The smallest absolute Gasteiger partial charge is 0.161 e. The number of hydrogen-bond acceptors (Lipinski definition) is 4. The van der Waals surface area contributed by atoms with Crippen LogP contribution in [0.3, 0.4) is 0 Å². The van der Waals surface area contributed by atoms with Gasteiger partial charge in [0.15, 0.2) is 11.5 Å². The Labute approximate surface area is 146 Å². The molecule has 0 unspecified atom stereocenters. The molecule has 25 heavy (non-hydrogen) atoms. The highest BCUT2D eigenvalue weighted by molar-refractivity contribution is 5.43. The van der Waals surface area contributed by atoms with Crippen LogP contribution in [-0.2, 0) is 19.7 Å². The molecule has 0 amide bonds. The summed E-state index contributed by atoms with van der Waals surface area (Å²) >= 11 is 0. The van der Waals surface area contributed by atoms with E-state index in [1.807, 2.05) is 30.3 Å². The lowest BCUT2D eigenvalue weighted by Gasteiger charge is -2.12. The van der Waals surface area contributed by atoms with E-state index in [0.717, 1.165) is 16.9 Å². The van der Waals surface area contributed by atoms with Crippen LogP contribution in [0.2, 0.25) is 0 Å². The van der Waals surface area contributed by atoms with E-state index in [4.69, 9.17) is 13.9 Å². The van der Waals surface area contributed by atoms with Crippen LogP contribution >= 0.6 is 0 Å². The summed E-state index contributed by atoms with van der Waals surface area (Å²) in [5.74, 6) is 1.96. The van der Waals surface area contributed by atoms with E-state index >= 15 is 0 Å². The fourth-order valence-electron chi connectivity index (χ4n) is 2.43. The third-order valence-corrected chi connectivity index (χ3v) is 3.74. The summed E-state index contributed by atoms with van der Waals surface area (Å²) in [6, 6.07) is 15.9. The molecule has 0 radical (unpaired) electrons. The van der Waals surface area contributed by atoms with Crippen LogP contribution in [0.25, 0.3) is 0 Å². The largest absolute Gasteiger partial charge is 0.493 e. The molecule has 1 heterocycles. The van der Waals surface area contributed by atoms with Gasteiger partial charge in [0.1, 0.15) is 18.2 Å². The minimum atomic E-state index is -0.257. The van der Waals surface area contributed by atoms with E-state index in [1.54, 1.807) is 25.5 Å². The summed E-state index contributed by atoms with van der Waals surface area (Å²) in [7, 11) is 1.61. The number of methoxy groups -OCH3 is 1. The van der Waals surface area contributed by atoms with Crippen molar-refractivity contribution in [3.63, 3.8) is 0 Å². The molecule has 4 nitrogen and oxygen atoms in total. The zero-order valence-corrected chi connectivity index (χ0v) is 14.0. The fraction of sp³-hybridized carbons (Fsp3) is 0.200. The topological polar surface area (TPSA) is 43.6 Å². The summed E-state index contributed by atoms with van der Waals surface area (Å²) in [6.07, 6.45) is 1.66. The Morgan fingerprint density at radius 1 is 0.960 bits per heavy atom. The molecule has 1 N–H and O–H groups in total. The van der Waals surface area contributed by atoms with Gasteiger partial charge in [-0.3, -0.25) is 0 Å². The summed E-state index contributed by atoms with van der Waals surface area (Å²) in [4.78, 5) is 0. The Kier molecular flexibility index (Phi) is 5.69. The highest BCUT2D eigenvalue weighted by Crippen LogP contribution is 2.29. The van der Waals surface area contributed by atoms with Gasteiger partial charge in [-0.1, -0.05) is 18.2 Å². The van der Waals surface area contributed by atoms with Gasteiger partial charge in [0.25, 0.3) is 0 Å². The first-order valence-corrected chi connectivity index (χ1v) is 8.02. The molecule has 0 aliphatic heterocycles. The summed E-state index contributed by atoms with van der Waals surface area (Å²) in [6.45, 7) is 1.71. The lowest BCUT2D eigenvalue weighted by atomic mass is 10.2. The Morgan fingerprint density at radius 2 is 1.76 bits per heavy atom. The average Bonchev–Trinajstić information content (AvgIpc) is 3.15. The molecule has 0 atom stereocenters. The van der Waals surface area contributed by atoms with E-state index in [0.29, 0.717) is 31.2 Å². The molecule has 0 aliphatic carbocycles. The van der Waals surface area contributed by atoms with Gasteiger partial charge in [-0.25, -0.2) is 4.39 Å². The Hall–Kier alpha value is -2.79. The highest BCUT2D eigenvalue weighted by atomic mass is 19.1. The van der Waals surface area contributed by atoms with E-state index in [2.05, 4.69) is 5.32 Å². The maximum absolute atomic E-state index is 12.9. The molecule has 0 aliphatic rings. The van der Waals surface area contributed by atoms with Crippen LogP contribution in [0.4, 0.5) is 4.39 Å². The minimum Gasteiger partial charge on any atom is -0.493 e. The number of halogens is 1. The van der Waals surface area contributed by atoms with Crippen molar-refractivity contribution in [2.24, 2.45) is 0 Å². The van der Waals surface area contributed by atoms with Crippen molar-refractivity contribution in [2.75, 3.05) is 7.11 Å². The highest BCUT2D eigenvalue weighted by Gasteiger charge is 2.07. The van der Waals surface area contributed by atoms with Gasteiger partial charge in [0.05, 0.1) is 19.9 Å². The summed E-state index contributed by atoms with van der Waals surface area (Å²) in [5.41, 5.74) is 1.98. The van der Waals surface area contributed by atoms with Gasteiger partial charge in [-0.05, 0) is 47.5 Å². The molecule has 0 spiro atoms. The molecule has 0 saturated carbocycles. The van der Waals surface area contributed by atoms with E-state index in [1.165, 1.54) is 12.1 Å². The lowest BCUT2D eigenvalue weighted by molar-refractivity contribution is 0.284. The number of nitrogens with one attached hydrogen (secondary N) is 1. The molecule has 0 bridgehead atoms. The van der Waals surface area contributed by atoms with Gasteiger partial charge in [-0.15, -0.1) is 0 Å². The third kappa shape index (κ3) is 4.84. The standard InChI is InChI=1S/C20H20FNO3/c1-23-20-11-16(12-22-13-18-3-2-10-24-18)6-9-19(20)25-14-15-4-7-17(21)8-5-15/h2-11,22H,12-14H2,1H3. The van der Waals surface area contributed by atoms with Gasteiger partial charge in [0.2, 0.25) is 0 Å². The number of ether oxygens (including phenoxy) is 2. The molecule has 0 saturated heterocycles. The first-order valence-electron chi connectivity index (χ1n) is 8.02. The normalized spacial score (nSPS) is 10.6. The number of furan rings is 1. The second-order valence-corrected chi connectivity index (χ2v) is 5.58. The van der Waals surface area contributed by atoms with E-state index < -0.39 is 0 Å². The van der Waals surface area contributed by atoms with Crippen molar-refractivity contribution in [3.8, 4) is 11.5 Å². The van der Waals surface area contributed by atoms with Gasteiger partial charge < -0.3 is 19.2 Å². The van der Waals surface area contributed by atoms with Crippen molar-refractivity contribution in [3.05, 3.63) is 83.6 Å². The number of rotatable bonds is 8. The first-order chi connectivity index (χ1) is 12.2. The molecule has 0 fully saturated rings. The zero-order chi connectivity index (χ0) is 17.5. The Bertz CT molecular complexity index is 785. The van der Waals surface area contributed by atoms with Gasteiger partial charge in [-0.2, -0.15) is 0 Å². The SMILES string of the molecule is COc1cc(CNCc2ccco2)ccc1OCc1ccc(F)cc1. The summed E-state index contributed by atoms with van der Waals surface area (Å²) < 4.78 is 29.4. The van der Waals surface area contributed by atoms with Crippen molar-refractivity contribution < 1.29 is 18.3 Å². The van der Waals surface area contributed by atoms with Gasteiger partial charge in [0, 0.05) is 6.54 Å². The molecular weight excluding hydrogens is 321 g/mol. The second kappa shape index (κ2) is 8.35. The average molecular weight is 341 g/mol. The van der Waals surface area contributed by atoms with Crippen LogP contribution in [0.5, 0.6) is 11.5 Å². The van der Waals surface area contributed by atoms with Crippen LogP contribution in [0.15, 0.2) is 65.3 Å². The predicted molar refractivity (Wildman–Crippen MR) is 93.0 cm³/mol. The van der Waals surface area contributed by atoms with E-state index in [-0.39, 0.29) is 5.82 Å². The second-order valence-electron chi connectivity index (χ2n) is 5.58. The Balaban J connectivity index is 1.57. The number of benzene rings is 2. The monoisotopic (exact) mass is 341 g/mol. The maximum Gasteiger partial charge on any atom is 0.161 e. The predicted octanol–water partition coefficient (Wildman–Crippen LogP) is 4.30. The molecule has 5 heteroatoms. The zero-order valence-electron chi connectivity index (χ0n) is 14.0. The fourth-order valence-corrected chi connectivity index (χ4v) is 2.43. The van der Waals surface area contributed by atoms with Crippen molar-refractivity contribution in [1.29, 1.82) is 0 Å². The van der Waals surface area contributed by atoms with Crippen molar-refractivity contribution in [2.45, 2.75) is 19.7 Å². The van der Waals surface area contributed by atoms with Crippen LogP contribution < -0.4 is 14.8 Å². The first kappa shape index (κ1) is 17.0. The molecular formula is C20H20FNO3. The van der Waals surface area contributed by atoms with Crippen molar-refractivity contribution >= 4 is 0 Å². The third-order valence-electron chi connectivity index (χ3n) is 3.74.